The highest BCUT2D eigenvalue weighted by molar-refractivity contribution is 5.65. The summed E-state index contributed by atoms with van der Waals surface area (Å²) in [5, 5.41) is 0. The quantitative estimate of drug-likeness (QED) is 0.788. The number of benzene rings is 1. The van der Waals surface area contributed by atoms with Crippen molar-refractivity contribution in [3.8, 4) is 22.6 Å². The molecule has 0 bridgehead atoms. The van der Waals surface area contributed by atoms with Gasteiger partial charge in [-0.1, -0.05) is 30.3 Å². The fourth-order valence-corrected chi connectivity index (χ4v) is 2.21. The predicted molar refractivity (Wildman–Crippen MR) is 79.9 cm³/mol. The van der Waals surface area contributed by atoms with Gasteiger partial charge in [0.15, 0.2) is 0 Å². The van der Waals surface area contributed by atoms with E-state index in [1.807, 2.05) is 24.4 Å². The van der Waals surface area contributed by atoms with Crippen molar-refractivity contribution in [1.29, 1.82) is 0 Å². The second-order valence-corrected chi connectivity index (χ2v) is 4.53. The third-order valence-corrected chi connectivity index (χ3v) is 3.19. The first-order valence-corrected chi connectivity index (χ1v) is 6.61. The molecule has 4 nitrogen and oxygen atoms in total. The molecule has 0 atom stereocenters. The Balaban J connectivity index is 1.91. The van der Waals surface area contributed by atoms with Crippen LogP contribution in [0.15, 0.2) is 61.1 Å². The standard InChI is InChI=1S/C16H16N4/c17-8-11-20-12-10-19-16(20)14-6-4-13(5-7-14)15-3-1-2-9-18-15/h1-7,9-10,12H,8,11,17H2. The lowest BCUT2D eigenvalue weighted by molar-refractivity contribution is 0.715. The average Bonchev–Trinajstić information content (AvgIpc) is 2.97. The molecule has 0 fully saturated rings. The molecule has 20 heavy (non-hydrogen) atoms. The van der Waals surface area contributed by atoms with Gasteiger partial charge in [-0.25, -0.2) is 4.98 Å². The number of hydrogen-bond donors (Lipinski definition) is 1. The van der Waals surface area contributed by atoms with Crippen molar-refractivity contribution in [3.05, 3.63) is 61.1 Å². The van der Waals surface area contributed by atoms with E-state index < -0.39 is 0 Å². The third kappa shape index (κ3) is 2.46. The number of pyridine rings is 1. The molecule has 0 amide bonds. The first-order chi connectivity index (χ1) is 9.88. The van der Waals surface area contributed by atoms with Gasteiger partial charge in [-0.05, 0) is 12.1 Å². The van der Waals surface area contributed by atoms with E-state index in [4.69, 9.17) is 5.73 Å². The van der Waals surface area contributed by atoms with E-state index in [0.717, 1.165) is 29.2 Å². The maximum atomic E-state index is 5.61. The van der Waals surface area contributed by atoms with Gasteiger partial charge in [0, 0.05) is 42.8 Å². The number of rotatable bonds is 4. The van der Waals surface area contributed by atoms with Crippen LogP contribution in [0.4, 0.5) is 0 Å². The topological polar surface area (TPSA) is 56.7 Å². The number of imidazole rings is 1. The molecule has 0 spiro atoms. The van der Waals surface area contributed by atoms with Crippen LogP contribution in [0, 0.1) is 0 Å². The minimum absolute atomic E-state index is 0.607. The minimum atomic E-state index is 0.607. The molecular formula is C16H16N4. The van der Waals surface area contributed by atoms with Crippen LogP contribution in [0.5, 0.6) is 0 Å². The van der Waals surface area contributed by atoms with E-state index in [9.17, 15) is 0 Å². The van der Waals surface area contributed by atoms with E-state index >= 15 is 0 Å². The Hall–Kier alpha value is -2.46. The Kier molecular flexibility index (Phi) is 3.56. The molecule has 0 aliphatic heterocycles. The second kappa shape index (κ2) is 5.67. The van der Waals surface area contributed by atoms with E-state index in [-0.39, 0.29) is 0 Å². The molecule has 100 valence electrons. The molecule has 0 saturated carbocycles. The van der Waals surface area contributed by atoms with Crippen molar-refractivity contribution < 1.29 is 0 Å². The Labute approximate surface area is 117 Å². The molecule has 0 aliphatic rings. The summed E-state index contributed by atoms with van der Waals surface area (Å²) in [6.45, 7) is 1.38. The molecule has 0 saturated heterocycles. The Morgan fingerprint density at radius 2 is 1.70 bits per heavy atom. The zero-order valence-electron chi connectivity index (χ0n) is 11.1. The van der Waals surface area contributed by atoms with E-state index in [0.29, 0.717) is 6.54 Å². The average molecular weight is 264 g/mol. The fraction of sp³-hybridized carbons (Fsp3) is 0.125. The highest BCUT2D eigenvalue weighted by Gasteiger charge is 2.06. The Bertz CT molecular complexity index is 671. The van der Waals surface area contributed by atoms with Crippen LogP contribution in [0.1, 0.15) is 0 Å². The molecule has 2 N–H and O–H groups in total. The summed E-state index contributed by atoms with van der Waals surface area (Å²) < 4.78 is 2.07. The van der Waals surface area contributed by atoms with Crippen LogP contribution in [0.25, 0.3) is 22.6 Å². The Morgan fingerprint density at radius 3 is 2.40 bits per heavy atom. The van der Waals surface area contributed by atoms with Crippen LogP contribution in [-0.4, -0.2) is 21.1 Å². The van der Waals surface area contributed by atoms with Crippen molar-refractivity contribution in [3.63, 3.8) is 0 Å². The summed E-state index contributed by atoms with van der Waals surface area (Å²) in [5.41, 5.74) is 8.78. The molecule has 0 unspecified atom stereocenters. The summed E-state index contributed by atoms with van der Waals surface area (Å²) in [7, 11) is 0. The highest BCUT2D eigenvalue weighted by Crippen LogP contribution is 2.22. The number of nitrogens with two attached hydrogens (primary N) is 1. The molecule has 2 heterocycles. The van der Waals surface area contributed by atoms with Gasteiger partial charge < -0.3 is 10.3 Å². The number of hydrogen-bond acceptors (Lipinski definition) is 3. The molecule has 3 aromatic rings. The first kappa shape index (κ1) is 12.6. The van der Waals surface area contributed by atoms with Crippen molar-refractivity contribution in [2.75, 3.05) is 6.54 Å². The maximum absolute atomic E-state index is 5.61. The van der Waals surface area contributed by atoms with Crippen LogP contribution in [-0.2, 0) is 6.54 Å². The molecule has 1 aromatic carbocycles. The molecular weight excluding hydrogens is 248 g/mol. The van der Waals surface area contributed by atoms with Gasteiger partial charge in [0.05, 0.1) is 5.69 Å². The van der Waals surface area contributed by atoms with Gasteiger partial charge in [-0.15, -0.1) is 0 Å². The van der Waals surface area contributed by atoms with Crippen LogP contribution in [0.2, 0.25) is 0 Å². The summed E-state index contributed by atoms with van der Waals surface area (Å²) in [4.78, 5) is 8.75. The third-order valence-electron chi connectivity index (χ3n) is 3.19. The molecule has 2 aromatic heterocycles. The fourth-order valence-electron chi connectivity index (χ4n) is 2.21. The number of nitrogens with zero attached hydrogens (tertiary/aromatic N) is 3. The summed E-state index contributed by atoms with van der Waals surface area (Å²) in [6.07, 6.45) is 5.56. The van der Waals surface area contributed by atoms with Gasteiger partial charge in [-0.3, -0.25) is 4.98 Å². The normalized spacial score (nSPS) is 10.7. The van der Waals surface area contributed by atoms with Gasteiger partial charge in [0.2, 0.25) is 0 Å². The van der Waals surface area contributed by atoms with Gasteiger partial charge in [-0.2, -0.15) is 0 Å². The zero-order chi connectivity index (χ0) is 13.8. The molecule has 0 radical (unpaired) electrons. The lowest BCUT2D eigenvalue weighted by Gasteiger charge is -2.07. The van der Waals surface area contributed by atoms with Crippen molar-refractivity contribution in [2.45, 2.75) is 6.54 Å². The Morgan fingerprint density at radius 1 is 0.900 bits per heavy atom. The molecule has 3 rings (SSSR count). The van der Waals surface area contributed by atoms with Gasteiger partial charge in [0.1, 0.15) is 5.82 Å². The largest absolute Gasteiger partial charge is 0.330 e. The van der Waals surface area contributed by atoms with Crippen molar-refractivity contribution in [2.24, 2.45) is 5.73 Å². The monoisotopic (exact) mass is 264 g/mol. The summed E-state index contributed by atoms with van der Waals surface area (Å²) in [6, 6.07) is 14.2. The smallest absolute Gasteiger partial charge is 0.139 e. The highest BCUT2D eigenvalue weighted by atomic mass is 15.1. The van der Waals surface area contributed by atoms with Crippen LogP contribution >= 0.6 is 0 Å². The van der Waals surface area contributed by atoms with Crippen molar-refractivity contribution in [1.82, 2.24) is 14.5 Å². The van der Waals surface area contributed by atoms with E-state index in [1.165, 1.54) is 0 Å². The van der Waals surface area contributed by atoms with E-state index in [2.05, 4.69) is 38.8 Å². The van der Waals surface area contributed by atoms with E-state index in [1.54, 1.807) is 12.4 Å². The first-order valence-electron chi connectivity index (χ1n) is 6.61. The van der Waals surface area contributed by atoms with Gasteiger partial charge in [0.25, 0.3) is 0 Å². The minimum Gasteiger partial charge on any atom is -0.330 e. The summed E-state index contributed by atoms with van der Waals surface area (Å²) in [5.74, 6) is 0.947. The lowest BCUT2D eigenvalue weighted by atomic mass is 10.1. The predicted octanol–water partition coefficient (Wildman–Crippen LogP) is 2.57. The van der Waals surface area contributed by atoms with Crippen LogP contribution < -0.4 is 5.73 Å². The van der Waals surface area contributed by atoms with Gasteiger partial charge >= 0.3 is 0 Å². The van der Waals surface area contributed by atoms with Crippen LogP contribution in [0.3, 0.4) is 0 Å². The summed E-state index contributed by atoms with van der Waals surface area (Å²) >= 11 is 0. The number of aromatic nitrogens is 3. The maximum Gasteiger partial charge on any atom is 0.139 e. The molecule has 0 aliphatic carbocycles. The SMILES string of the molecule is NCCn1ccnc1-c1ccc(-c2ccccn2)cc1. The lowest BCUT2D eigenvalue weighted by Crippen LogP contribution is -2.10. The van der Waals surface area contributed by atoms with Crippen molar-refractivity contribution >= 4 is 0 Å². The molecule has 4 heteroatoms. The second-order valence-electron chi connectivity index (χ2n) is 4.53. The zero-order valence-corrected chi connectivity index (χ0v) is 11.1.